The van der Waals surface area contributed by atoms with E-state index in [4.69, 9.17) is 0 Å². The van der Waals surface area contributed by atoms with Crippen LogP contribution in [0.25, 0.3) is 0 Å². The molecule has 0 rings (SSSR count). The Morgan fingerprint density at radius 2 is 2.00 bits per heavy atom. The molecule has 5 nitrogen and oxygen atoms in total. The topological polar surface area (TPSA) is 61.4 Å². The maximum atomic E-state index is 11.6. The Morgan fingerprint density at radius 3 is 2.44 bits per heavy atom. The highest BCUT2D eigenvalue weighted by molar-refractivity contribution is 7.80. The summed E-state index contributed by atoms with van der Waals surface area (Å²) >= 11 is 4.02. The summed E-state index contributed by atoms with van der Waals surface area (Å²) in [5, 5.41) is 5.31. The molecular weight excluding hydrogens is 226 g/mol. The van der Waals surface area contributed by atoms with Crippen molar-refractivity contribution in [2.24, 2.45) is 0 Å². The Hall–Kier alpha value is -0.750. The Labute approximate surface area is 102 Å². The van der Waals surface area contributed by atoms with E-state index in [-0.39, 0.29) is 11.8 Å². The van der Waals surface area contributed by atoms with Crippen molar-refractivity contribution in [3.05, 3.63) is 0 Å². The molecule has 0 saturated heterocycles. The summed E-state index contributed by atoms with van der Waals surface area (Å²) in [6.45, 7) is 2.92. The van der Waals surface area contributed by atoms with Crippen LogP contribution in [0.3, 0.4) is 0 Å². The lowest BCUT2D eigenvalue weighted by atomic mass is 10.3. The van der Waals surface area contributed by atoms with Crippen molar-refractivity contribution in [1.82, 2.24) is 15.5 Å². The highest BCUT2D eigenvalue weighted by Crippen LogP contribution is 1.89. The van der Waals surface area contributed by atoms with Crippen molar-refractivity contribution in [1.29, 1.82) is 0 Å². The van der Waals surface area contributed by atoms with Crippen LogP contribution in [0.1, 0.15) is 13.3 Å². The van der Waals surface area contributed by atoms with Crippen molar-refractivity contribution in [3.63, 3.8) is 0 Å². The van der Waals surface area contributed by atoms with Crippen LogP contribution in [-0.4, -0.2) is 55.7 Å². The predicted octanol–water partition coefficient (Wildman–Crippen LogP) is -0.511. The molecule has 2 amide bonds. The quantitative estimate of drug-likeness (QED) is 0.419. The van der Waals surface area contributed by atoms with Crippen molar-refractivity contribution >= 4 is 24.4 Å². The molecule has 0 aromatic carbocycles. The molecule has 16 heavy (non-hydrogen) atoms. The summed E-state index contributed by atoms with van der Waals surface area (Å²) in [5.41, 5.74) is 0. The Bertz CT molecular complexity index is 234. The minimum absolute atomic E-state index is 0.177. The molecule has 0 radical (unpaired) electrons. The normalized spacial score (nSPS) is 12.3. The zero-order valence-electron chi connectivity index (χ0n) is 10.1. The van der Waals surface area contributed by atoms with Crippen LogP contribution < -0.4 is 10.6 Å². The Balaban J connectivity index is 3.80. The molecule has 2 N–H and O–H groups in total. The molecule has 0 aliphatic carbocycles. The van der Waals surface area contributed by atoms with Gasteiger partial charge in [-0.1, -0.05) is 0 Å². The second-order valence-corrected chi connectivity index (χ2v) is 4.25. The third-order valence-electron chi connectivity index (χ3n) is 1.96. The molecule has 1 unspecified atom stereocenters. The van der Waals surface area contributed by atoms with Crippen molar-refractivity contribution in [3.8, 4) is 0 Å². The van der Waals surface area contributed by atoms with Gasteiger partial charge < -0.3 is 15.5 Å². The molecule has 0 heterocycles. The van der Waals surface area contributed by atoms with E-state index in [0.717, 1.165) is 13.0 Å². The van der Waals surface area contributed by atoms with Crippen molar-refractivity contribution < 1.29 is 9.59 Å². The van der Waals surface area contributed by atoms with E-state index < -0.39 is 6.04 Å². The van der Waals surface area contributed by atoms with Crippen LogP contribution in [0.15, 0.2) is 0 Å². The van der Waals surface area contributed by atoms with Crippen molar-refractivity contribution in [2.75, 3.05) is 32.9 Å². The first-order valence-corrected chi connectivity index (χ1v) is 5.91. The standard InChI is InChI=1S/C10H21N3O2S/c1-8(14)12-9(7-16)10(15)11-5-4-6-13(2)3/h9,16H,4-7H2,1-3H3,(H,11,15)(H,12,14). The van der Waals surface area contributed by atoms with Crippen molar-refractivity contribution in [2.45, 2.75) is 19.4 Å². The highest BCUT2D eigenvalue weighted by Gasteiger charge is 2.16. The number of carbonyl (C=O) groups excluding carboxylic acids is 2. The molecule has 0 fully saturated rings. The monoisotopic (exact) mass is 247 g/mol. The van der Waals surface area contributed by atoms with Gasteiger partial charge in [0.25, 0.3) is 0 Å². The Morgan fingerprint density at radius 1 is 1.38 bits per heavy atom. The lowest BCUT2D eigenvalue weighted by Gasteiger charge is -2.16. The number of rotatable bonds is 7. The number of nitrogens with one attached hydrogen (secondary N) is 2. The summed E-state index contributed by atoms with van der Waals surface area (Å²) in [6.07, 6.45) is 0.887. The summed E-state index contributed by atoms with van der Waals surface area (Å²) in [5.74, 6) is -0.0922. The van der Waals surface area contributed by atoms with Crippen LogP contribution in [0.5, 0.6) is 0 Å². The van der Waals surface area contributed by atoms with Crippen LogP contribution in [0.2, 0.25) is 0 Å². The van der Waals surface area contributed by atoms with E-state index in [1.807, 2.05) is 14.1 Å². The minimum atomic E-state index is -0.541. The fourth-order valence-corrected chi connectivity index (χ4v) is 1.43. The van der Waals surface area contributed by atoms with Gasteiger partial charge in [0, 0.05) is 19.2 Å². The highest BCUT2D eigenvalue weighted by atomic mass is 32.1. The minimum Gasteiger partial charge on any atom is -0.354 e. The summed E-state index contributed by atoms with van der Waals surface area (Å²) in [4.78, 5) is 24.4. The van der Waals surface area contributed by atoms with Crippen LogP contribution >= 0.6 is 12.6 Å². The first-order chi connectivity index (χ1) is 7.47. The third-order valence-corrected chi connectivity index (χ3v) is 2.32. The van der Waals surface area contributed by atoms with Gasteiger partial charge in [-0.3, -0.25) is 9.59 Å². The molecule has 1 atom stereocenters. The number of carbonyl (C=O) groups is 2. The molecular formula is C10H21N3O2S. The second kappa shape index (κ2) is 8.41. The maximum absolute atomic E-state index is 11.6. The average Bonchev–Trinajstić information content (AvgIpc) is 2.20. The van der Waals surface area contributed by atoms with Gasteiger partial charge in [0.05, 0.1) is 0 Å². The summed E-state index contributed by atoms with van der Waals surface area (Å²) in [6, 6.07) is -0.541. The van der Waals surface area contributed by atoms with Gasteiger partial charge in [-0.15, -0.1) is 0 Å². The van der Waals surface area contributed by atoms with Gasteiger partial charge in [0.2, 0.25) is 11.8 Å². The van der Waals surface area contributed by atoms with E-state index in [2.05, 4.69) is 28.2 Å². The molecule has 0 saturated carbocycles. The lowest BCUT2D eigenvalue weighted by molar-refractivity contribution is -0.127. The molecule has 0 aromatic rings. The molecule has 0 bridgehead atoms. The van der Waals surface area contributed by atoms with Gasteiger partial charge >= 0.3 is 0 Å². The van der Waals surface area contributed by atoms with Gasteiger partial charge in [-0.2, -0.15) is 12.6 Å². The molecule has 0 aliphatic rings. The van der Waals surface area contributed by atoms with Gasteiger partial charge in [-0.25, -0.2) is 0 Å². The van der Waals surface area contributed by atoms with Gasteiger partial charge in [0.15, 0.2) is 0 Å². The first kappa shape index (κ1) is 15.2. The van der Waals surface area contributed by atoms with E-state index in [9.17, 15) is 9.59 Å². The van der Waals surface area contributed by atoms with Gasteiger partial charge in [-0.05, 0) is 27.1 Å². The molecule has 6 heteroatoms. The van der Waals surface area contributed by atoms with Crippen LogP contribution in [-0.2, 0) is 9.59 Å². The molecule has 0 aliphatic heterocycles. The third kappa shape index (κ3) is 7.53. The zero-order valence-corrected chi connectivity index (χ0v) is 11.0. The zero-order chi connectivity index (χ0) is 12.6. The number of nitrogens with zero attached hydrogens (tertiary/aromatic N) is 1. The van der Waals surface area contributed by atoms with Crippen LogP contribution in [0.4, 0.5) is 0 Å². The number of amides is 2. The summed E-state index contributed by atoms with van der Waals surface area (Å²) < 4.78 is 0. The lowest BCUT2D eigenvalue weighted by Crippen LogP contribution is -2.47. The number of hydrogen-bond acceptors (Lipinski definition) is 4. The maximum Gasteiger partial charge on any atom is 0.243 e. The molecule has 0 spiro atoms. The summed E-state index contributed by atoms with van der Waals surface area (Å²) in [7, 11) is 3.96. The Kier molecular flexibility index (Phi) is 8.01. The van der Waals surface area contributed by atoms with Crippen LogP contribution in [0, 0.1) is 0 Å². The molecule has 0 aromatic heterocycles. The fourth-order valence-electron chi connectivity index (χ4n) is 1.17. The number of thiol groups is 1. The van der Waals surface area contributed by atoms with E-state index in [0.29, 0.717) is 12.3 Å². The average molecular weight is 247 g/mol. The number of hydrogen-bond donors (Lipinski definition) is 3. The van der Waals surface area contributed by atoms with Gasteiger partial charge in [0.1, 0.15) is 6.04 Å². The molecule has 94 valence electrons. The van der Waals surface area contributed by atoms with E-state index >= 15 is 0 Å². The predicted molar refractivity (Wildman–Crippen MR) is 67.6 cm³/mol. The van der Waals surface area contributed by atoms with E-state index in [1.54, 1.807) is 0 Å². The SMILES string of the molecule is CC(=O)NC(CS)C(=O)NCCCN(C)C. The fraction of sp³-hybridized carbons (Fsp3) is 0.800. The smallest absolute Gasteiger partial charge is 0.243 e. The second-order valence-electron chi connectivity index (χ2n) is 3.88. The first-order valence-electron chi connectivity index (χ1n) is 5.27. The largest absolute Gasteiger partial charge is 0.354 e. The van der Waals surface area contributed by atoms with E-state index in [1.165, 1.54) is 6.92 Å².